The number of amides is 2. The van der Waals surface area contributed by atoms with Crippen LogP contribution in [0.5, 0.6) is 11.5 Å². The molecule has 2 amide bonds. The minimum Gasteiger partial charge on any atom is -0.486 e. The molecule has 1 aromatic carbocycles. The summed E-state index contributed by atoms with van der Waals surface area (Å²) >= 11 is 5.01. The van der Waals surface area contributed by atoms with Crippen LogP contribution >= 0.6 is 12.2 Å². The number of pyridine rings is 1. The highest BCUT2D eigenvalue weighted by Gasteiger charge is 2.15. The Hall–Kier alpha value is -2.87. The highest BCUT2D eigenvalue weighted by molar-refractivity contribution is 7.71. The van der Waals surface area contributed by atoms with E-state index in [4.69, 9.17) is 21.7 Å². The molecule has 1 aliphatic heterocycles. The van der Waals surface area contributed by atoms with Crippen LogP contribution in [-0.4, -0.2) is 30.0 Å². The number of hydrogen-bond acceptors (Lipinski definition) is 5. The van der Waals surface area contributed by atoms with Crippen molar-refractivity contribution in [2.75, 3.05) is 13.2 Å². The maximum absolute atomic E-state index is 12.1. The van der Waals surface area contributed by atoms with Gasteiger partial charge in [-0.3, -0.25) is 20.4 Å². The van der Waals surface area contributed by atoms with Crippen molar-refractivity contribution in [2.24, 2.45) is 0 Å². The second kappa shape index (κ2) is 6.49. The number of nitrogens with one attached hydrogen (secondary N) is 3. The quantitative estimate of drug-likeness (QED) is 0.574. The van der Waals surface area contributed by atoms with E-state index in [9.17, 15) is 9.59 Å². The summed E-state index contributed by atoms with van der Waals surface area (Å²) in [4.78, 5) is 26.8. The van der Waals surface area contributed by atoms with E-state index in [2.05, 4.69) is 15.8 Å². The Morgan fingerprint density at radius 3 is 2.57 bits per heavy atom. The normalized spacial score (nSPS) is 12.3. The molecule has 0 aliphatic carbocycles. The SMILES string of the molecule is O=C(NNC(=O)c1ccc[nH]c1=S)c1ccc2c(c1)OCCO2. The fourth-order valence-corrected chi connectivity index (χ4v) is 2.27. The molecule has 8 heteroatoms. The van der Waals surface area contributed by atoms with E-state index in [0.717, 1.165) is 0 Å². The van der Waals surface area contributed by atoms with Crippen LogP contribution in [-0.2, 0) is 0 Å². The van der Waals surface area contributed by atoms with E-state index in [-0.39, 0.29) is 5.56 Å². The van der Waals surface area contributed by atoms with Gasteiger partial charge in [-0.05, 0) is 30.3 Å². The number of carbonyl (C=O) groups excluding carboxylic acids is 2. The van der Waals surface area contributed by atoms with Crippen LogP contribution in [0.4, 0.5) is 0 Å². The molecule has 0 atom stereocenters. The predicted molar refractivity (Wildman–Crippen MR) is 84.0 cm³/mol. The highest BCUT2D eigenvalue weighted by atomic mass is 32.1. The molecule has 0 bridgehead atoms. The number of ether oxygens (including phenoxy) is 2. The van der Waals surface area contributed by atoms with Crippen LogP contribution in [0, 0.1) is 4.64 Å². The summed E-state index contributed by atoms with van der Waals surface area (Å²) in [5.74, 6) is 0.118. The molecule has 2 aromatic rings. The summed E-state index contributed by atoms with van der Waals surface area (Å²) in [5.41, 5.74) is 5.27. The first-order chi connectivity index (χ1) is 11.1. The Labute approximate surface area is 136 Å². The van der Waals surface area contributed by atoms with Crippen molar-refractivity contribution < 1.29 is 19.1 Å². The van der Waals surface area contributed by atoms with Gasteiger partial charge in [-0.25, -0.2) is 0 Å². The lowest BCUT2D eigenvalue weighted by molar-refractivity contribution is 0.0845. The lowest BCUT2D eigenvalue weighted by Crippen LogP contribution is -2.41. The van der Waals surface area contributed by atoms with Gasteiger partial charge in [0.2, 0.25) is 0 Å². The Balaban J connectivity index is 1.67. The molecule has 0 saturated carbocycles. The van der Waals surface area contributed by atoms with E-state index < -0.39 is 11.8 Å². The highest BCUT2D eigenvalue weighted by Crippen LogP contribution is 2.30. The first-order valence-electron chi connectivity index (χ1n) is 6.83. The second-order valence-electron chi connectivity index (χ2n) is 4.68. The molecular formula is C15H13N3O4S. The maximum Gasteiger partial charge on any atom is 0.272 e. The number of fused-ring (bicyclic) bond motifs is 1. The number of benzene rings is 1. The van der Waals surface area contributed by atoms with E-state index in [1.807, 2.05) is 0 Å². The minimum atomic E-state index is -0.502. The smallest absolute Gasteiger partial charge is 0.272 e. The van der Waals surface area contributed by atoms with Crippen molar-refractivity contribution in [3.8, 4) is 11.5 Å². The Kier molecular flexibility index (Phi) is 4.24. The zero-order valence-electron chi connectivity index (χ0n) is 11.9. The van der Waals surface area contributed by atoms with Gasteiger partial charge in [0.1, 0.15) is 17.9 Å². The largest absolute Gasteiger partial charge is 0.486 e. The molecule has 0 fully saturated rings. The van der Waals surface area contributed by atoms with Crippen LogP contribution in [0.3, 0.4) is 0 Å². The van der Waals surface area contributed by atoms with E-state index in [1.165, 1.54) is 0 Å². The predicted octanol–water partition coefficient (Wildman–Crippen LogP) is 1.59. The third-order valence-corrected chi connectivity index (χ3v) is 3.49. The summed E-state index contributed by atoms with van der Waals surface area (Å²) < 4.78 is 11.1. The summed E-state index contributed by atoms with van der Waals surface area (Å²) in [6, 6.07) is 8.01. The van der Waals surface area contributed by atoms with Gasteiger partial charge in [0.15, 0.2) is 11.5 Å². The standard InChI is InChI=1S/C15H13N3O4S/c19-13(9-3-4-11-12(8-9)22-7-6-21-11)17-18-14(20)10-2-1-5-16-15(10)23/h1-5,8H,6-7H2,(H,16,23)(H,17,19)(H,18,20). The Morgan fingerprint density at radius 1 is 1.04 bits per heavy atom. The molecular weight excluding hydrogens is 318 g/mol. The van der Waals surface area contributed by atoms with Crippen molar-refractivity contribution in [2.45, 2.75) is 0 Å². The first-order valence-corrected chi connectivity index (χ1v) is 7.24. The zero-order valence-corrected chi connectivity index (χ0v) is 12.7. The van der Waals surface area contributed by atoms with Crippen molar-refractivity contribution in [1.82, 2.24) is 15.8 Å². The number of H-pyrrole nitrogens is 1. The van der Waals surface area contributed by atoms with Gasteiger partial charge >= 0.3 is 0 Å². The average Bonchev–Trinajstić information content (AvgIpc) is 2.59. The van der Waals surface area contributed by atoms with Gasteiger partial charge < -0.3 is 14.5 Å². The van der Waals surface area contributed by atoms with E-state index in [0.29, 0.717) is 34.9 Å². The zero-order chi connectivity index (χ0) is 16.2. The summed E-state index contributed by atoms with van der Waals surface area (Å²) in [5, 5.41) is 0. The van der Waals surface area contributed by atoms with Crippen molar-refractivity contribution >= 4 is 24.0 Å². The fraction of sp³-hybridized carbons (Fsp3) is 0.133. The fourth-order valence-electron chi connectivity index (χ4n) is 2.04. The monoisotopic (exact) mass is 331 g/mol. The van der Waals surface area contributed by atoms with E-state index in [1.54, 1.807) is 36.5 Å². The van der Waals surface area contributed by atoms with Crippen molar-refractivity contribution in [3.05, 3.63) is 52.3 Å². The maximum atomic E-state index is 12.1. The lowest BCUT2D eigenvalue weighted by Gasteiger charge is -2.18. The van der Waals surface area contributed by atoms with Gasteiger partial charge in [0.25, 0.3) is 11.8 Å². The molecule has 1 aromatic heterocycles. The third-order valence-electron chi connectivity index (χ3n) is 3.16. The Morgan fingerprint density at radius 2 is 1.78 bits per heavy atom. The van der Waals surface area contributed by atoms with Crippen molar-refractivity contribution in [1.29, 1.82) is 0 Å². The first kappa shape index (κ1) is 15.0. The summed E-state index contributed by atoms with van der Waals surface area (Å²) in [6.07, 6.45) is 1.62. The van der Waals surface area contributed by atoms with Gasteiger partial charge in [0.05, 0.1) is 5.56 Å². The van der Waals surface area contributed by atoms with Crippen LogP contribution in [0.25, 0.3) is 0 Å². The van der Waals surface area contributed by atoms with Gasteiger partial charge in [-0.15, -0.1) is 0 Å². The molecule has 7 nitrogen and oxygen atoms in total. The number of rotatable bonds is 2. The van der Waals surface area contributed by atoms with Crippen LogP contribution in [0.1, 0.15) is 20.7 Å². The molecule has 3 N–H and O–H groups in total. The van der Waals surface area contributed by atoms with Crippen molar-refractivity contribution in [3.63, 3.8) is 0 Å². The summed E-state index contributed by atoms with van der Waals surface area (Å²) in [7, 11) is 0. The molecule has 2 heterocycles. The molecule has 0 unspecified atom stereocenters. The molecule has 0 spiro atoms. The van der Waals surface area contributed by atoms with Crippen LogP contribution in [0.15, 0.2) is 36.5 Å². The average molecular weight is 331 g/mol. The molecule has 23 heavy (non-hydrogen) atoms. The second-order valence-corrected chi connectivity index (χ2v) is 5.09. The number of carbonyl (C=O) groups is 2. The molecule has 118 valence electrons. The molecule has 3 rings (SSSR count). The molecule has 0 saturated heterocycles. The number of aromatic nitrogens is 1. The molecule has 0 radical (unpaired) electrons. The van der Waals surface area contributed by atoms with Crippen LogP contribution in [0.2, 0.25) is 0 Å². The van der Waals surface area contributed by atoms with E-state index >= 15 is 0 Å². The molecule has 1 aliphatic rings. The lowest BCUT2D eigenvalue weighted by atomic mass is 10.2. The number of hydrazine groups is 1. The summed E-state index contributed by atoms with van der Waals surface area (Å²) in [6.45, 7) is 0.910. The third kappa shape index (κ3) is 3.32. The van der Waals surface area contributed by atoms with Crippen LogP contribution < -0.4 is 20.3 Å². The topological polar surface area (TPSA) is 92.5 Å². The number of hydrogen-bond donors (Lipinski definition) is 3. The Bertz CT molecular complexity index is 818. The van der Waals surface area contributed by atoms with Gasteiger partial charge in [0, 0.05) is 11.8 Å². The van der Waals surface area contributed by atoms with Gasteiger partial charge in [-0.1, -0.05) is 12.2 Å². The number of aromatic amines is 1. The minimum absolute atomic E-state index is 0.268. The van der Waals surface area contributed by atoms with Gasteiger partial charge in [-0.2, -0.15) is 0 Å².